The predicted molar refractivity (Wildman–Crippen MR) is 72.7 cm³/mol. The lowest BCUT2D eigenvalue weighted by atomic mass is 9.93. The highest BCUT2D eigenvalue weighted by Crippen LogP contribution is 2.27. The molecule has 0 radical (unpaired) electrons. The summed E-state index contributed by atoms with van der Waals surface area (Å²) in [6, 6.07) is 3.07. The van der Waals surface area contributed by atoms with Crippen molar-refractivity contribution in [2.75, 3.05) is 13.1 Å². The summed E-state index contributed by atoms with van der Waals surface area (Å²) in [4.78, 5) is 2.56. The van der Waals surface area contributed by atoms with E-state index in [0.717, 1.165) is 25.4 Å². The van der Waals surface area contributed by atoms with E-state index < -0.39 is 0 Å². The molecule has 1 fully saturated rings. The van der Waals surface area contributed by atoms with Gasteiger partial charge >= 0.3 is 0 Å². The first-order chi connectivity index (χ1) is 8.22. The fourth-order valence-corrected chi connectivity index (χ4v) is 2.90. The van der Waals surface area contributed by atoms with Crippen molar-refractivity contribution in [2.45, 2.75) is 65.3 Å². The molecule has 1 saturated carbocycles. The van der Waals surface area contributed by atoms with Gasteiger partial charge < -0.3 is 0 Å². The van der Waals surface area contributed by atoms with Crippen molar-refractivity contribution in [3.63, 3.8) is 0 Å². The summed E-state index contributed by atoms with van der Waals surface area (Å²) in [5.74, 6) is 1.01. The van der Waals surface area contributed by atoms with Gasteiger partial charge in [-0.3, -0.25) is 4.90 Å². The molecule has 0 N–H and O–H groups in total. The van der Waals surface area contributed by atoms with Gasteiger partial charge in [0, 0.05) is 12.6 Å². The van der Waals surface area contributed by atoms with Crippen LogP contribution in [0, 0.1) is 23.2 Å². The van der Waals surface area contributed by atoms with Crippen LogP contribution in [0.25, 0.3) is 0 Å². The Bertz CT molecular complexity index is 244. The lowest BCUT2D eigenvalue weighted by Gasteiger charge is -2.34. The van der Waals surface area contributed by atoms with Gasteiger partial charge in [0.2, 0.25) is 0 Å². The molecule has 0 aromatic rings. The monoisotopic (exact) mass is 236 g/mol. The normalized spacial score (nSPS) is 27.5. The third kappa shape index (κ3) is 4.32. The standard InChI is InChI=1S/C15H28N2/c1-4-13(3)12-17(5-2)15-10-8-6-7-9-14(15)11-16/h13-15H,4-10,12H2,1-3H3. The summed E-state index contributed by atoms with van der Waals surface area (Å²) in [5.41, 5.74) is 0. The number of nitriles is 1. The van der Waals surface area contributed by atoms with Gasteiger partial charge in [-0.1, -0.05) is 46.5 Å². The van der Waals surface area contributed by atoms with Crippen LogP contribution in [-0.4, -0.2) is 24.0 Å². The summed E-state index contributed by atoms with van der Waals surface area (Å²) in [6.07, 6.45) is 7.44. The van der Waals surface area contributed by atoms with Crippen molar-refractivity contribution < 1.29 is 0 Å². The Hall–Kier alpha value is -0.550. The Morgan fingerprint density at radius 2 is 1.94 bits per heavy atom. The predicted octanol–water partition coefficient (Wildman–Crippen LogP) is 3.83. The Labute approximate surface area is 107 Å². The summed E-state index contributed by atoms with van der Waals surface area (Å²) in [7, 11) is 0. The van der Waals surface area contributed by atoms with E-state index in [2.05, 4.69) is 31.7 Å². The molecule has 0 aromatic carbocycles. The minimum absolute atomic E-state index is 0.265. The van der Waals surface area contributed by atoms with E-state index in [-0.39, 0.29) is 5.92 Å². The molecule has 3 unspecified atom stereocenters. The van der Waals surface area contributed by atoms with Gasteiger partial charge in [0.15, 0.2) is 0 Å². The van der Waals surface area contributed by atoms with Crippen LogP contribution in [0.1, 0.15) is 59.3 Å². The molecule has 98 valence electrons. The minimum atomic E-state index is 0.265. The first kappa shape index (κ1) is 14.5. The number of rotatable bonds is 5. The highest BCUT2D eigenvalue weighted by molar-refractivity contribution is 4.94. The summed E-state index contributed by atoms with van der Waals surface area (Å²) < 4.78 is 0. The quantitative estimate of drug-likeness (QED) is 0.678. The molecule has 2 nitrogen and oxygen atoms in total. The van der Waals surface area contributed by atoms with Crippen LogP contribution in [0.5, 0.6) is 0 Å². The maximum absolute atomic E-state index is 9.35. The zero-order valence-corrected chi connectivity index (χ0v) is 11.8. The molecule has 3 atom stereocenters. The molecule has 0 spiro atoms. The molecule has 1 rings (SSSR count). The Balaban J connectivity index is 2.66. The second-order valence-corrected chi connectivity index (χ2v) is 5.54. The second kappa shape index (κ2) is 7.71. The van der Waals surface area contributed by atoms with Gasteiger partial charge in [-0.05, 0) is 25.3 Å². The first-order valence-electron chi connectivity index (χ1n) is 7.36. The molecular formula is C15H28N2. The highest BCUT2D eigenvalue weighted by atomic mass is 15.2. The summed E-state index contributed by atoms with van der Waals surface area (Å²) in [6.45, 7) is 9.07. The fourth-order valence-electron chi connectivity index (χ4n) is 2.90. The lowest BCUT2D eigenvalue weighted by molar-refractivity contribution is 0.140. The zero-order chi connectivity index (χ0) is 12.7. The van der Waals surface area contributed by atoms with Crippen molar-refractivity contribution >= 4 is 0 Å². The van der Waals surface area contributed by atoms with E-state index in [1.54, 1.807) is 0 Å². The average Bonchev–Trinajstić information content (AvgIpc) is 2.60. The van der Waals surface area contributed by atoms with Crippen molar-refractivity contribution in [2.24, 2.45) is 11.8 Å². The Kier molecular flexibility index (Phi) is 6.58. The van der Waals surface area contributed by atoms with E-state index in [9.17, 15) is 5.26 Å². The average molecular weight is 236 g/mol. The molecule has 0 saturated heterocycles. The van der Waals surface area contributed by atoms with Gasteiger partial charge in [-0.2, -0.15) is 5.26 Å². The maximum Gasteiger partial charge on any atom is 0.0672 e. The van der Waals surface area contributed by atoms with Crippen molar-refractivity contribution in [1.82, 2.24) is 4.90 Å². The van der Waals surface area contributed by atoms with Crippen LogP contribution < -0.4 is 0 Å². The lowest BCUT2D eigenvalue weighted by Crippen LogP contribution is -2.42. The van der Waals surface area contributed by atoms with Gasteiger partial charge in [0.05, 0.1) is 12.0 Å². The third-order valence-electron chi connectivity index (χ3n) is 4.26. The highest BCUT2D eigenvalue weighted by Gasteiger charge is 2.28. The smallest absolute Gasteiger partial charge is 0.0672 e. The van der Waals surface area contributed by atoms with Crippen LogP contribution in [0.15, 0.2) is 0 Å². The van der Waals surface area contributed by atoms with Crippen molar-refractivity contribution in [3.05, 3.63) is 0 Å². The molecule has 1 aliphatic rings. The van der Waals surface area contributed by atoms with Crippen molar-refractivity contribution in [3.8, 4) is 6.07 Å². The Morgan fingerprint density at radius 1 is 1.24 bits per heavy atom. The van der Waals surface area contributed by atoms with Crippen LogP contribution in [-0.2, 0) is 0 Å². The molecule has 0 aliphatic heterocycles. The summed E-state index contributed by atoms with van der Waals surface area (Å²) >= 11 is 0. The molecule has 17 heavy (non-hydrogen) atoms. The number of hydrogen-bond donors (Lipinski definition) is 0. The molecule has 0 bridgehead atoms. The van der Waals surface area contributed by atoms with E-state index in [4.69, 9.17) is 0 Å². The molecule has 1 aliphatic carbocycles. The molecule has 2 heteroatoms. The molecular weight excluding hydrogens is 208 g/mol. The van der Waals surface area contributed by atoms with Gasteiger partial charge in [-0.25, -0.2) is 0 Å². The van der Waals surface area contributed by atoms with E-state index in [0.29, 0.717) is 6.04 Å². The number of nitrogens with zero attached hydrogens (tertiary/aromatic N) is 2. The zero-order valence-electron chi connectivity index (χ0n) is 11.8. The second-order valence-electron chi connectivity index (χ2n) is 5.54. The fraction of sp³-hybridized carbons (Fsp3) is 0.933. The SMILES string of the molecule is CCC(C)CN(CC)C1CCCCCC1C#N. The van der Waals surface area contributed by atoms with Gasteiger partial charge in [0.25, 0.3) is 0 Å². The topological polar surface area (TPSA) is 27.0 Å². The van der Waals surface area contributed by atoms with Crippen LogP contribution in [0.3, 0.4) is 0 Å². The van der Waals surface area contributed by atoms with Crippen LogP contribution in [0.2, 0.25) is 0 Å². The minimum Gasteiger partial charge on any atom is -0.299 e. The van der Waals surface area contributed by atoms with Crippen LogP contribution in [0.4, 0.5) is 0 Å². The summed E-state index contributed by atoms with van der Waals surface area (Å²) in [5, 5.41) is 9.35. The third-order valence-corrected chi connectivity index (χ3v) is 4.26. The molecule has 0 heterocycles. The number of hydrogen-bond acceptors (Lipinski definition) is 2. The van der Waals surface area contributed by atoms with E-state index in [1.165, 1.54) is 32.1 Å². The van der Waals surface area contributed by atoms with E-state index in [1.807, 2.05) is 0 Å². The van der Waals surface area contributed by atoms with Crippen molar-refractivity contribution in [1.29, 1.82) is 5.26 Å². The van der Waals surface area contributed by atoms with Crippen LogP contribution >= 0.6 is 0 Å². The Morgan fingerprint density at radius 3 is 2.53 bits per heavy atom. The molecule has 0 aromatic heterocycles. The van der Waals surface area contributed by atoms with E-state index >= 15 is 0 Å². The van der Waals surface area contributed by atoms with Gasteiger partial charge in [0.1, 0.15) is 0 Å². The van der Waals surface area contributed by atoms with Gasteiger partial charge in [-0.15, -0.1) is 0 Å². The first-order valence-corrected chi connectivity index (χ1v) is 7.36. The maximum atomic E-state index is 9.35. The molecule has 0 amide bonds. The largest absolute Gasteiger partial charge is 0.299 e.